The number of furan rings is 1. The predicted molar refractivity (Wildman–Crippen MR) is 91.8 cm³/mol. The van der Waals surface area contributed by atoms with Gasteiger partial charge in [-0.2, -0.15) is 9.61 Å². The van der Waals surface area contributed by atoms with E-state index in [0.717, 1.165) is 10.6 Å². The minimum absolute atomic E-state index is 0.574. The molecule has 3 heterocycles. The van der Waals surface area contributed by atoms with Crippen LogP contribution in [0.3, 0.4) is 0 Å². The summed E-state index contributed by atoms with van der Waals surface area (Å²) in [5.41, 5.74) is 0.869. The van der Waals surface area contributed by atoms with Gasteiger partial charge < -0.3 is 4.42 Å². The fourth-order valence-corrected chi connectivity index (χ4v) is 3.27. The second-order valence-corrected chi connectivity index (χ2v) is 6.47. The van der Waals surface area contributed by atoms with Crippen molar-refractivity contribution in [3.05, 3.63) is 57.2 Å². The summed E-state index contributed by atoms with van der Waals surface area (Å²) >= 11 is 13.5. The van der Waals surface area contributed by atoms with Gasteiger partial charge in [0.05, 0.1) is 6.26 Å². The van der Waals surface area contributed by atoms with Crippen LogP contribution in [0.1, 0.15) is 10.6 Å². The molecule has 1 aromatic carbocycles. The lowest BCUT2D eigenvalue weighted by Crippen LogP contribution is -1.89. The van der Waals surface area contributed by atoms with E-state index in [0.29, 0.717) is 26.6 Å². The Bertz CT molecular complexity index is 1000. The van der Waals surface area contributed by atoms with E-state index in [-0.39, 0.29) is 0 Å². The number of hydrogen-bond donors (Lipinski definition) is 0. The summed E-state index contributed by atoms with van der Waals surface area (Å²) in [4.78, 5) is 0.693. The van der Waals surface area contributed by atoms with E-state index in [9.17, 15) is 0 Å². The molecule has 114 valence electrons. The van der Waals surface area contributed by atoms with Gasteiger partial charge in [0.2, 0.25) is 10.8 Å². The van der Waals surface area contributed by atoms with Crippen molar-refractivity contribution in [1.82, 2.24) is 19.8 Å². The zero-order valence-electron chi connectivity index (χ0n) is 11.5. The van der Waals surface area contributed by atoms with Crippen LogP contribution in [0.4, 0.5) is 0 Å². The SMILES string of the molecule is Clc1ccc(/C=C/c2nn3c(-c4ccco4)nnc3s2)c(Cl)c1. The van der Waals surface area contributed by atoms with Gasteiger partial charge in [-0.05, 0) is 35.9 Å². The van der Waals surface area contributed by atoms with Gasteiger partial charge in [-0.25, -0.2) is 0 Å². The molecule has 23 heavy (non-hydrogen) atoms. The molecule has 4 rings (SSSR count). The highest BCUT2D eigenvalue weighted by Crippen LogP contribution is 2.25. The highest BCUT2D eigenvalue weighted by molar-refractivity contribution is 7.17. The first-order chi connectivity index (χ1) is 11.2. The van der Waals surface area contributed by atoms with Crippen LogP contribution in [0.2, 0.25) is 10.0 Å². The highest BCUT2D eigenvalue weighted by Gasteiger charge is 2.14. The molecule has 0 aliphatic heterocycles. The quantitative estimate of drug-likeness (QED) is 0.518. The lowest BCUT2D eigenvalue weighted by molar-refractivity contribution is 0.575. The maximum absolute atomic E-state index is 6.15. The van der Waals surface area contributed by atoms with Gasteiger partial charge in [-0.15, -0.1) is 10.2 Å². The number of benzene rings is 1. The largest absolute Gasteiger partial charge is 0.461 e. The average Bonchev–Trinajstić information content (AvgIpc) is 3.22. The molecule has 0 saturated heterocycles. The van der Waals surface area contributed by atoms with E-state index in [1.165, 1.54) is 11.3 Å². The van der Waals surface area contributed by atoms with Crippen LogP contribution in [0.5, 0.6) is 0 Å². The molecular formula is C15H8Cl2N4OS. The van der Waals surface area contributed by atoms with Crippen molar-refractivity contribution in [3.63, 3.8) is 0 Å². The normalized spacial score (nSPS) is 11.7. The molecule has 0 aliphatic rings. The molecule has 0 amide bonds. The van der Waals surface area contributed by atoms with Crippen LogP contribution in [0.25, 0.3) is 28.7 Å². The first kappa shape index (κ1) is 14.4. The van der Waals surface area contributed by atoms with Gasteiger partial charge >= 0.3 is 0 Å². The van der Waals surface area contributed by atoms with Crippen LogP contribution in [-0.4, -0.2) is 19.8 Å². The molecule has 8 heteroatoms. The molecule has 5 nitrogen and oxygen atoms in total. The molecule has 0 N–H and O–H groups in total. The third-order valence-electron chi connectivity index (χ3n) is 3.12. The molecule has 0 unspecified atom stereocenters. The van der Waals surface area contributed by atoms with Crippen molar-refractivity contribution < 1.29 is 4.42 Å². The van der Waals surface area contributed by atoms with Gasteiger partial charge in [0.1, 0.15) is 5.01 Å². The van der Waals surface area contributed by atoms with Crippen LogP contribution < -0.4 is 0 Å². The zero-order valence-corrected chi connectivity index (χ0v) is 13.8. The topological polar surface area (TPSA) is 56.2 Å². The van der Waals surface area contributed by atoms with E-state index >= 15 is 0 Å². The Morgan fingerprint density at radius 2 is 2.04 bits per heavy atom. The Morgan fingerprint density at radius 3 is 2.83 bits per heavy atom. The van der Waals surface area contributed by atoms with E-state index in [1.807, 2.05) is 24.3 Å². The molecule has 4 aromatic rings. The monoisotopic (exact) mass is 362 g/mol. The van der Waals surface area contributed by atoms with E-state index in [1.54, 1.807) is 29.0 Å². The molecule has 0 radical (unpaired) electrons. The Hall–Kier alpha value is -2.15. The van der Waals surface area contributed by atoms with Crippen molar-refractivity contribution >= 4 is 51.7 Å². The third kappa shape index (κ3) is 2.76. The van der Waals surface area contributed by atoms with Crippen molar-refractivity contribution in [3.8, 4) is 11.6 Å². The minimum Gasteiger partial charge on any atom is -0.461 e. The summed E-state index contributed by atoms with van der Waals surface area (Å²) in [6.45, 7) is 0. The van der Waals surface area contributed by atoms with Crippen molar-refractivity contribution in [2.24, 2.45) is 0 Å². The Labute approximate surface area is 144 Å². The summed E-state index contributed by atoms with van der Waals surface area (Å²) in [6, 6.07) is 8.97. The number of nitrogens with zero attached hydrogens (tertiary/aromatic N) is 4. The second-order valence-electron chi connectivity index (χ2n) is 4.63. The van der Waals surface area contributed by atoms with Crippen molar-refractivity contribution in [2.45, 2.75) is 0 Å². The molecule has 0 fully saturated rings. The van der Waals surface area contributed by atoms with E-state index < -0.39 is 0 Å². The lowest BCUT2D eigenvalue weighted by atomic mass is 10.2. The number of hydrogen-bond acceptors (Lipinski definition) is 5. The number of rotatable bonds is 3. The van der Waals surface area contributed by atoms with Gasteiger partial charge in [0.15, 0.2) is 5.76 Å². The Balaban J connectivity index is 1.69. The van der Waals surface area contributed by atoms with Gasteiger partial charge in [-0.3, -0.25) is 0 Å². The minimum atomic E-state index is 0.574. The smallest absolute Gasteiger partial charge is 0.235 e. The second kappa shape index (κ2) is 5.81. The van der Waals surface area contributed by atoms with Gasteiger partial charge in [0, 0.05) is 10.0 Å². The van der Waals surface area contributed by atoms with Gasteiger partial charge in [-0.1, -0.05) is 46.7 Å². The van der Waals surface area contributed by atoms with Crippen LogP contribution in [-0.2, 0) is 0 Å². The summed E-state index contributed by atoms with van der Waals surface area (Å²) in [5, 5.41) is 14.7. The first-order valence-electron chi connectivity index (χ1n) is 6.60. The van der Waals surface area contributed by atoms with E-state index in [2.05, 4.69) is 15.3 Å². The number of aromatic nitrogens is 4. The number of halogens is 2. The summed E-state index contributed by atoms with van der Waals surface area (Å²) in [7, 11) is 0. The summed E-state index contributed by atoms with van der Waals surface area (Å²) in [5.74, 6) is 1.20. The molecule has 0 spiro atoms. The molecule has 0 atom stereocenters. The highest BCUT2D eigenvalue weighted by atomic mass is 35.5. The van der Waals surface area contributed by atoms with E-state index in [4.69, 9.17) is 27.6 Å². The number of fused-ring (bicyclic) bond motifs is 1. The van der Waals surface area contributed by atoms with Gasteiger partial charge in [0.25, 0.3) is 0 Å². The summed E-state index contributed by atoms with van der Waals surface area (Å²) in [6.07, 6.45) is 5.35. The molecule has 0 saturated carbocycles. The maximum atomic E-state index is 6.15. The molecular weight excluding hydrogens is 355 g/mol. The van der Waals surface area contributed by atoms with Crippen molar-refractivity contribution in [1.29, 1.82) is 0 Å². The van der Waals surface area contributed by atoms with Crippen molar-refractivity contribution in [2.75, 3.05) is 0 Å². The third-order valence-corrected chi connectivity index (χ3v) is 4.54. The standard InChI is InChI=1S/C15H8Cl2N4OS/c16-10-5-3-9(11(17)8-10)4-6-13-20-21-14(12-2-1-7-22-12)18-19-15(21)23-13/h1-8H/b6-4+. The lowest BCUT2D eigenvalue weighted by Gasteiger charge is -1.97. The Morgan fingerprint density at radius 1 is 1.13 bits per heavy atom. The molecule has 0 aliphatic carbocycles. The average molecular weight is 363 g/mol. The van der Waals surface area contributed by atoms with Crippen LogP contribution in [0.15, 0.2) is 41.0 Å². The Kier molecular flexibility index (Phi) is 3.65. The predicted octanol–water partition coefficient (Wildman–Crippen LogP) is 4.92. The maximum Gasteiger partial charge on any atom is 0.235 e. The molecule has 3 aromatic heterocycles. The van der Waals surface area contributed by atoms with Crippen LogP contribution in [0, 0.1) is 0 Å². The summed E-state index contributed by atoms with van der Waals surface area (Å²) < 4.78 is 7.00. The first-order valence-corrected chi connectivity index (χ1v) is 8.17. The van der Waals surface area contributed by atoms with Crippen LogP contribution >= 0.6 is 34.5 Å². The zero-order chi connectivity index (χ0) is 15.8. The fourth-order valence-electron chi connectivity index (χ4n) is 2.06. The fraction of sp³-hybridized carbons (Fsp3) is 0. The molecule has 0 bridgehead atoms.